The number of halogens is 2. The number of anilines is 3. The Kier molecular flexibility index (Phi) is 7.47. The number of nitrogens with zero attached hydrogens (tertiary/aromatic N) is 1. The molecule has 2 amide bonds. The molecule has 0 unspecified atom stereocenters. The Hall–Kier alpha value is -3.99. The van der Waals surface area contributed by atoms with E-state index in [4.69, 9.17) is 4.74 Å². The number of carbonyl (C=O) groups excluding carboxylic acids is 2. The normalized spacial score (nSPS) is 10.9. The Bertz CT molecular complexity index is 1300. The predicted octanol–water partition coefficient (Wildman–Crippen LogP) is 4.61. The number of amides is 2. The molecule has 0 radical (unpaired) electrons. The second kappa shape index (κ2) is 10.3. The van der Waals surface area contributed by atoms with E-state index in [1.807, 2.05) is 0 Å². The average molecular weight is 490 g/mol. The van der Waals surface area contributed by atoms with Crippen molar-refractivity contribution in [1.82, 2.24) is 0 Å². The number of ether oxygens (including phenoxy) is 1. The minimum absolute atomic E-state index is 0.132. The molecule has 0 aromatic heterocycles. The van der Waals surface area contributed by atoms with E-state index >= 15 is 0 Å². The third-order valence-electron chi connectivity index (χ3n) is 4.65. The molecule has 2 N–H and O–H groups in total. The van der Waals surface area contributed by atoms with Crippen molar-refractivity contribution in [3.63, 3.8) is 0 Å². The van der Waals surface area contributed by atoms with Gasteiger partial charge in [-0.25, -0.2) is 22.0 Å². The fraction of sp³-hybridized carbons (Fsp3) is 0.130. The molecule has 178 valence electrons. The van der Waals surface area contributed by atoms with Crippen LogP contribution in [0.25, 0.3) is 0 Å². The van der Waals surface area contributed by atoms with Crippen LogP contribution in [0.15, 0.2) is 71.6 Å². The first-order valence-electron chi connectivity index (χ1n) is 10.0. The van der Waals surface area contributed by atoms with Crippen molar-refractivity contribution in [2.75, 3.05) is 28.6 Å². The van der Waals surface area contributed by atoms with Crippen molar-refractivity contribution in [2.45, 2.75) is 11.8 Å². The van der Waals surface area contributed by atoms with Gasteiger partial charge in [0.25, 0.3) is 15.9 Å². The smallest absolute Gasteiger partial charge is 0.413 e. The summed E-state index contributed by atoms with van der Waals surface area (Å²) in [6, 6.07) is 14.3. The average Bonchev–Trinajstić information content (AvgIpc) is 2.81. The van der Waals surface area contributed by atoms with Crippen molar-refractivity contribution in [2.24, 2.45) is 0 Å². The Balaban J connectivity index is 1.65. The monoisotopic (exact) mass is 489 g/mol. The van der Waals surface area contributed by atoms with Crippen LogP contribution in [-0.2, 0) is 14.8 Å². The minimum Gasteiger partial charge on any atom is -0.449 e. The van der Waals surface area contributed by atoms with E-state index in [0.717, 1.165) is 12.1 Å². The first kappa shape index (κ1) is 24.6. The molecule has 3 aromatic rings. The fourth-order valence-corrected chi connectivity index (χ4v) is 3.92. The van der Waals surface area contributed by atoms with Gasteiger partial charge < -0.3 is 10.1 Å². The zero-order chi connectivity index (χ0) is 24.9. The summed E-state index contributed by atoms with van der Waals surface area (Å²) in [4.78, 5) is 25.2. The van der Waals surface area contributed by atoms with Gasteiger partial charge in [0.15, 0.2) is 11.6 Å². The third-order valence-corrected chi connectivity index (χ3v) is 6.03. The number of hydrogen-bond acceptors (Lipinski definition) is 5. The molecule has 0 aliphatic carbocycles. The van der Waals surface area contributed by atoms with Crippen molar-refractivity contribution in [3.8, 4) is 0 Å². The summed E-state index contributed by atoms with van der Waals surface area (Å²) in [6.45, 7) is 1.96. The van der Waals surface area contributed by atoms with Gasteiger partial charge in [-0.15, -0.1) is 0 Å². The van der Waals surface area contributed by atoms with Crippen LogP contribution in [0.3, 0.4) is 0 Å². The summed E-state index contributed by atoms with van der Waals surface area (Å²) in [5.74, 6) is -2.88. The minimum atomic E-state index is -4.15. The Labute approximate surface area is 195 Å². The highest BCUT2D eigenvalue weighted by molar-refractivity contribution is 7.92. The lowest BCUT2D eigenvalue weighted by molar-refractivity contribution is 0.102. The van der Waals surface area contributed by atoms with Gasteiger partial charge in [0.2, 0.25) is 0 Å². The lowest BCUT2D eigenvalue weighted by atomic mass is 10.2. The molecule has 0 bridgehead atoms. The van der Waals surface area contributed by atoms with Crippen LogP contribution in [-0.4, -0.2) is 34.1 Å². The van der Waals surface area contributed by atoms with Gasteiger partial charge in [-0.05, 0) is 73.7 Å². The van der Waals surface area contributed by atoms with E-state index < -0.39 is 38.6 Å². The van der Waals surface area contributed by atoms with Crippen molar-refractivity contribution < 1.29 is 31.5 Å². The molecular formula is C23H21F2N3O5S. The quantitative estimate of drug-likeness (QED) is 0.504. The maximum absolute atomic E-state index is 13.4. The first-order valence-corrected chi connectivity index (χ1v) is 11.5. The molecule has 3 aromatic carbocycles. The molecule has 0 spiro atoms. The van der Waals surface area contributed by atoms with Gasteiger partial charge in [0.1, 0.15) is 0 Å². The van der Waals surface area contributed by atoms with Crippen LogP contribution in [0.4, 0.5) is 30.6 Å². The number of benzene rings is 3. The Morgan fingerprint density at radius 1 is 0.912 bits per heavy atom. The third kappa shape index (κ3) is 5.87. The van der Waals surface area contributed by atoms with E-state index in [1.165, 1.54) is 29.2 Å². The van der Waals surface area contributed by atoms with E-state index in [2.05, 4.69) is 10.0 Å². The second-order valence-corrected chi connectivity index (χ2v) is 8.70. The fourth-order valence-electron chi connectivity index (χ4n) is 2.85. The Morgan fingerprint density at radius 2 is 1.53 bits per heavy atom. The molecule has 8 nitrogen and oxygen atoms in total. The first-order chi connectivity index (χ1) is 16.1. The molecule has 11 heteroatoms. The van der Waals surface area contributed by atoms with E-state index in [9.17, 15) is 26.8 Å². The molecule has 0 saturated heterocycles. The van der Waals surface area contributed by atoms with Crippen LogP contribution in [0.2, 0.25) is 0 Å². The molecule has 0 fully saturated rings. The highest BCUT2D eigenvalue weighted by atomic mass is 32.2. The number of carbonyl (C=O) groups is 2. The van der Waals surface area contributed by atoms with Crippen molar-refractivity contribution in [1.29, 1.82) is 0 Å². The number of rotatable bonds is 7. The highest BCUT2D eigenvalue weighted by Crippen LogP contribution is 2.21. The standard InChI is InChI=1S/C23H21F2N3O5S/c1-3-33-23(30)28(2)18-10-8-16(9-11-18)26-22(29)15-4-6-17(7-5-15)27-34(31,32)19-12-13-20(24)21(25)14-19/h4-14,27H,3H2,1-2H3,(H,26,29). The van der Waals surface area contributed by atoms with Crippen LogP contribution in [0, 0.1) is 11.6 Å². The van der Waals surface area contributed by atoms with Gasteiger partial charge in [-0.1, -0.05) is 0 Å². The maximum Gasteiger partial charge on any atom is 0.413 e. The zero-order valence-corrected chi connectivity index (χ0v) is 19.0. The molecule has 0 aliphatic rings. The summed E-state index contributed by atoms with van der Waals surface area (Å²) in [5, 5.41) is 2.69. The lowest BCUT2D eigenvalue weighted by Crippen LogP contribution is -2.26. The summed E-state index contributed by atoms with van der Waals surface area (Å²) in [6.07, 6.45) is -0.500. The molecular weight excluding hydrogens is 468 g/mol. The summed E-state index contributed by atoms with van der Waals surface area (Å²) < 4.78 is 58.3. The SMILES string of the molecule is CCOC(=O)N(C)c1ccc(NC(=O)c2ccc(NS(=O)(=O)c3ccc(F)c(F)c3)cc2)cc1. The van der Waals surface area contributed by atoms with Crippen LogP contribution in [0.5, 0.6) is 0 Å². The van der Waals surface area contributed by atoms with Gasteiger partial charge in [0, 0.05) is 29.7 Å². The van der Waals surface area contributed by atoms with E-state index in [1.54, 1.807) is 38.2 Å². The van der Waals surface area contributed by atoms with Gasteiger partial charge in [0.05, 0.1) is 11.5 Å². The summed E-state index contributed by atoms with van der Waals surface area (Å²) in [5.41, 5.74) is 1.44. The Morgan fingerprint density at radius 3 is 2.12 bits per heavy atom. The molecule has 34 heavy (non-hydrogen) atoms. The van der Waals surface area contributed by atoms with Crippen LogP contribution < -0.4 is 14.9 Å². The maximum atomic E-state index is 13.4. The van der Waals surface area contributed by atoms with Gasteiger partial charge in [-0.3, -0.25) is 14.4 Å². The van der Waals surface area contributed by atoms with Crippen LogP contribution >= 0.6 is 0 Å². The predicted molar refractivity (Wildman–Crippen MR) is 123 cm³/mol. The van der Waals surface area contributed by atoms with Gasteiger partial charge in [-0.2, -0.15) is 0 Å². The number of hydrogen-bond donors (Lipinski definition) is 2. The summed E-state index contributed by atoms with van der Waals surface area (Å²) >= 11 is 0. The molecule has 0 aliphatic heterocycles. The van der Waals surface area contributed by atoms with E-state index in [0.29, 0.717) is 17.4 Å². The van der Waals surface area contributed by atoms with Gasteiger partial charge >= 0.3 is 6.09 Å². The lowest BCUT2D eigenvalue weighted by Gasteiger charge is -2.17. The number of sulfonamides is 1. The highest BCUT2D eigenvalue weighted by Gasteiger charge is 2.17. The summed E-state index contributed by atoms with van der Waals surface area (Å²) in [7, 11) is -2.59. The molecule has 0 heterocycles. The van der Waals surface area contributed by atoms with Crippen molar-refractivity contribution in [3.05, 3.63) is 83.9 Å². The topological polar surface area (TPSA) is 105 Å². The molecule has 0 saturated carbocycles. The molecule has 0 atom stereocenters. The zero-order valence-electron chi connectivity index (χ0n) is 18.2. The molecule has 3 rings (SSSR count). The number of nitrogens with one attached hydrogen (secondary N) is 2. The van der Waals surface area contributed by atoms with Crippen molar-refractivity contribution >= 4 is 39.1 Å². The largest absolute Gasteiger partial charge is 0.449 e. The van der Waals surface area contributed by atoms with Crippen LogP contribution in [0.1, 0.15) is 17.3 Å². The van der Waals surface area contributed by atoms with E-state index in [-0.39, 0.29) is 17.9 Å². The second-order valence-electron chi connectivity index (χ2n) is 7.02.